The van der Waals surface area contributed by atoms with Crippen LogP contribution in [0.1, 0.15) is 26.2 Å². The van der Waals surface area contributed by atoms with Gasteiger partial charge in [0.1, 0.15) is 0 Å². The predicted octanol–water partition coefficient (Wildman–Crippen LogP) is 1.48. The van der Waals surface area contributed by atoms with E-state index >= 15 is 0 Å². The van der Waals surface area contributed by atoms with E-state index in [0.29, 0.717) is 12.8 Å². The second-order valence-electron chi connectivity index (χ2n) is 3.64. The second-order valence-corrected chi connectivity index (χ2v) is 5.94. The Morgan fingerprint density at radius 3 is 2.20 bits per heavy atom. The maximum Gasteiger partial charge on any atom is 0.390 e. The van der Waals surface area contributed by atoms with Crippen LogP contribution in [0.2, 0.25) is 0 Å². The van der Waals surface area contributed by atoms with Gasteiger partial charge in [0.05, 0.1) is 17.9 Å². The SMILES string of the molecule is CC(N)CCCS(=O)(=O)CCC(F)(F)F. The molecule has 7 heteroatoms. The molecule has 0 aromatic rings. The van der Waals surface area contributed by atoms with Crippen molar-refractivity contribution in [1.82, 2.24) is 0 Å². The molecule has 1 atom stereocenters. The summed E-state index contributed by atoms with van der Waals surface area (Å²) >= 11 is 0. The van der Waals surface area contributed by atoms with Gasteiger partial charge in [-0.2, -0.15) is 13.2 Å². The average Bonchev–Trinajstić information content (AvgIpc) is 1.99. The van der Waals surface area contributed by atoms with Crippen LogP contribution in [0, 0.1) is 0 Å². The summed E-state index contributed by atoms with van der Waals surface area (Å²) in [5.74, 6) is -1.04. The molecule has 2 N–H and O–H groups in total. The molecule has 0 aliphatic carbocycles. The highest BCUT2D eigenvalue weighted by Gasteiger charge is 2.29. The maximum atomic E-state index is 11.8. The van der Waals surface area contributed by atoms with E-state index in [0.717, 1.165) is 0 Å². The van der Waals surface area contributed by atoms with E-state index < -0.39 is 28.2 Å². The fourth-order valence-electron chi connectivity index (χ4n) is 0.999. The molecule has 0 saturated heterocycles. The molecule has 1 unspecified atom stereocenters. The van der Waals surface area contributed by atoms with Crippen LogP contribution in [-0.4, -0.2) is 32.1 Å². The minimum Gasteiger partial charge on any atom is -0.328 e. The molecule has 0 bridgehead atoms. The van der Waals surface area contributed by atoms with Crippen LogP contribution in [0.3, 0.4) is 0 Å². The smallest absolute Gasteiger partial charge is 0.328 e. The first-order valence-electron chi connectivity index (χ1n) is 4.65. The van der Waals surface area contributed by atoms with Gasteiger partial charge in [-0.15, -0.1) is 0 Å². The summed E-state index contributed by atoms with van der Waals surface area (Å²) in [5.41, 5.74) is 5.39. The Bertz CT molecular complexity index is 272. The lowest BCUT2D eigenvalue weighted by molar-refractivity contribution is -0.129. The third-order valence-corrected chi connectivity index (χ3v) is 3.55. The van der Waals surface area contributed by atoms with Crippen molar-refractivity contribution in [2.45, 2.75) is 38.4 Å². The number of hydrogen-bond acceptors (Lipinski definition) is 3. The monoisotopic (exact) mass is 247 g/mol. The first-order valence-corrected chi connectivity index (χ1v) is 6.47. The van der Waals surface area contributed by atoms with Gasteiger partial charge >= 0.3 is 6.18 Å². The van der Waals surface area contributed by atoms with E-state index in [1.54, 1.807) is 6.92 Å². The van der Waals surface area contributed by atoms with Crippen LogP contribution < -0.4 is 5.73 Å². The lowest BCUT2D eigenvalue weighted by atomic mass is 10.2. The number of halogens is 3. The van der Waals surface area contributed by atoms with Crippen molar-refractivity contribution in [3.8, 4) is 0 Å². The number of hydrogen-bond donors (Lipinski definition) is 1. The fraction of sp³-hybridized carbons (Fsp3) is 1.00. The van der Waals surface area contributed by atoms with Crippen LogP contribution in [0.15, 0.2) is 0 Å². The van der Waals surface area contributed by atoms with Crippen molar-refractivity contribution in [1.29, 1.82) is 0 Å². The maximum absolute atomic E-state index is 11.8. The van der Waals surface area contributed by atoms with E-state index in [9.17, 15) is 21.6 Å². The van der Waals surface area contributed by atoms with Crippen molar-refractivity contribution >= 4 is 9.84 Å². The lowest BCUT2D eigenvalue weighted by Crippen LogP contribution is -2.20. The molecule has 0 aliphatic heterocycles. The predicted molar refractivity (Wildman–Crippen MR) is 52.2 cm³/mol. The third-order valence-electron chi connectivity index (χ3n) is 1.81. The van der Waals surface area contributed by atoms with Gasteiger partial charge in [0.25, 0.3) is 0 Å². The summed E-state index contributed by atoms with van der Waals surface area (Å²) in [6, 6.07) is -0.122. The van der Waals surface area contributed by atoms with Gasteiger partial charge in [0.15, 0.2) is 9.84 Å². The molecular formula is C8H16F3NO2S. The number of sulfone groups is 1. The number of nitrogens with two attached hydrogens (primary N) is 1. The normalized spacial score (nSPS) is 15.3. The van der Waals surface area contributed by atoms with Crippen molar-refractivity contribution in [3.05, 3.63) is 0 Å². The van der Waals surface area contributed by atoms with E-state index in [-0.39, 0.29) is 11.8 Å². The Labute approximate surface area is 87.8 Å². The zero-order chi connectivity index (χ0) is 12.1. The van der Waals surface area contributed by atoms with Crippen molar-refractivity contribution < 1.29 is 21.6 Å². The standard InChI is InChI=1S/C8H16F3NO2S/c1-7(12)3-2-5-15(13,14)6-4-8(9,10)11/h7H,2-6,12H2,1H3. The van der Waals surface area contributed by atoms with Crippen LogP contribution in [0.5, 0.6) is 0 Å². The van der Waals surface area contributed by atoms with Crippen molar-refractivity contribution in [2.75, 3.05) is 11.5 Å². The van der Waals surface area contributed by atoms with Gasteiger partial charge in [-0.3, -0.25) is 0 Å². The first-order chi connectivity index (χ1) is 6.62. The summed E-state index contributed by atoms with van der Waals surface area (Å²) in [4.78, 5) is 0. The summed E-state index contributed by atoms with van der Waals surface area (Å²) in [7, 11) is -3.59. The van der Waals surface area contributed by atoms with Crippen LogP contribution in [-0.2, 0) is 9.84 Å². The molecule has 92 valence electrons. The molecule has 15 heavy (non-hydrogen) atoms. The Kier molecular flexibility index (Phi) is 5.58. The van der Waals surface area contributed by atoms with Gasteiger partial charge in [-0.1, -0.05) is 0 Å². The molecular weight excluding hydrogens is 231 g/mol. The minimum atomic E-state index is -4.41. The Morgan fingerprint density at radius 2 is 1.80 bits per heavy atom. The Balaban J connectivity index is 3.89. The third kappa shape index (κ3) is 9.99. The van der Waals surface area contributed by atoms with Gasteiger partial charge in [-0.25, -0.2) is 8.42 Å². The molecule has 0 aromatic carbocycles. The number of rotatable bonds is 6. The summed E-state index contributed by atoms with van der Waals surface area (Å²) in [6.45, 7) is 1.72. The Morgan fingerprint density at radius 1 is 1.27 bits per heavy atom. The average molecular weight is 247 g/mol. The van der Waals surface area contributed by atoms with Crippen LogP contribution >= 0.6 is 0 Å². The molecule has 0 saturated carbocycles. The highest BCUT2D eigenvalue weighted by molar-refractivity contribution is 7.91. The van der Waals surface area contributed by atoms with E-state index in [1.807, 2.05) is 0 Å². The number of alkyl halides is 3. The molecule has 0 rings (SSSR count). The van der Waals surface area contributed by atoms with Gasteiger partial charge in [0.2, 0.25) is 0 Å². The molecule has 0 aromatic heterocycles. The molecule has 0 fully saturated rings. The van der Waals surface area contributed by atoms with Gasteiger partial charge < -0.3 is 5.73 Å². The molecule has 0 heterocycles. The van der Waals surface area contributed by atoms with Crippen LogP contribution in [0.25, 0.3) is 0 Å². The van der Waals surface area contributed by atoms with Gasteiger partial charge in [0, 0.05) is 6.04 Å². The highest BCUT2D eigenvalue weighted by atomic mass is 32.2. The summed E-state index contributed by atoms with van der Waals surface area (Å²) in [6.07, 6.45) is -4.86. The lowest BCUT2D eigenvalue weighted by Gasteiger charge is -2.08. The van der Waals surface area contributed by atoms with Crippen LogP contribution in [0.4, 0.5) is 13.2 Å². The zero-order valence-corrected chi connectivity index (χ0v) is 9.37. The minimum absolute atomic E-state index is 0.122. The highest BCUT2D eigenvalue weighted by Crippen LogP contribution is 2.20. The largest absolute Gasteiger partial charge is 0.390 e. The zero-order valence-electron chi connectivity index (χ0n) is 8.55. The summed E-state index contributed by atoms with van der Waals surface area (Å²) < 4.78 is 57.5. The molecule has 3 nitrogen and oxygen atoms in total. The van der Waals surface area contributed by atoms with Crippen molar-refractivity contribution in [3.63, 3.8) is 0 Å². The fourth-order valence-corrected chi connectivity index (χ4v) is 2.35. The molecule has 0 spiro atoms. The van der Waals surface area contributed by atoms with E-state index in [1.165, 1.54) is 0 Å². The molecule has 0 aliphatic rings. The van der Waals surface area contributed by atoms with E-state index in [2.05, 4.69) is 0 Å². The topological polar surface area (TPSA) is 60.2 Å². The molecule has 0 amide bonds. The quantitative estimate of drug-likeness (QED) is 0.773. The van der Waals surface area contributed by atoms with Gasteiger partial charge in [-0.05, 0) is 19.8 Å². The Hall–Kier alpha value is -0.300. The van der Waals surface area contributed by atoms with Crippen molar-refractivity contribution in [2.24, 2.45) is 5.73 Å². The van der Waals surface area contributed by atoms with E-state index in [4.69, 9.17) is 5.73 Å². The second kappa shape index (κ2) is 5.69. The first kappa shape index (κ1) is 14.7. The molecule has 0 radical (unpaired) electrons. The summed E-state index contributed by atoms with van der Waals surface area (Å²) in [5, 5.41) is 0.